The molecule has 10 nitrogen and oxygen atoms in total. The molecule has 0 radical (unpaired) electrons. The Morgan fingerprint density at radius 3 is 2.31 bits per heavy atom. The van der Waals surface area contributed by atoms with E-state index in [-0.39, 0.29) is 13.1 Å². The molecule has 1 saturated heterocycles. The predicted molar refractivity (Wildman–Crippen MR) is 131 cm³/mol. The Labute approximate surface area is 205 Å². The SMILES string of the molecule is Cc1cccc(NC(=O)N2CCCN(S(C)(=O)=O)C2C(=O)NC(CC(=O)O)c2cccc(C)c2)c1. The van der Waals surface area contributed by atoms with Crippen LogP contribution in [0, 0.1) is 13.8 Å². The fraction of sp³-hybridized carbons (Fsp3) is 0.375. The minimum atomic E-state index is -3.86. The molecular formula is C24H30N4O6S. The minimum Gasteiger partial charge on any atom is -0.481 e. The topological polar surface area (TPSA) is 136 Å². The molecule has 1 heterocycles. The normalized spacial score (nSPS) is 17.5. The lowest BCUT2D eigenvalue weighted by molar-refractivity contribution is -0.138. The molecule has 0 spiro atoms. The highest BCUT2D eigenvalue weighted by Gasteiger charge is 2.43. The van der Waals surface area contributed by atoms with Crippen LogP contribution in [0.3, 0.4) is 0 Å². The molecule has 0 aliphatic carbocycles. The molecule has 2 unspecified atom stereocenters. The van der Waals surface area contributed by atoms with Crippen molar-refractivity contribution in [3.63, 3.8) is 0 Å². The van der Waals surface area contributed by atoms with Gasteiger partial charge in [0.1, 0.15) is 0 Å². The average Bonchev–Trinajstić information content (AvgIpc) is 2.77. The Morgan fingerprint density at radius 2 is 1.71 bits per heavy atom. The van der Waals surface area contributed by atoms with Crippen LogP contribution < -0.4 is 10.6 Å². The van der Waals surface area contributed by atoms with Crippen LogP contribution in [0.5, 0.6) is 0 Å². The molecule has 2 atom stereocenters. The maximum absolute atomic E-state index is 13.5. The van der Waals surface area contributed by atoms with Gasteiger partial charge >= 0.3 is 12.0 Å². The first-order chi connectivity index (χ1) is 16.5. The van der Waals surface area contributed by atoms with E-state index in [4.69, 9.17) is 0 Å². The minimum absolute atomic E-state index is 0.0547. The van der Waals surface area contributed by atoms with Crippen molar-refractivity contribution in [2.45, 2.75) is 38.9 Å². The summed E-state index contributed by atoms with van der Waals surface area (Å²) >= 11 is 0. The summed E-state index contributed by atoms with van der Waals surface area (Å²) in [7, 11) is -3.86. The van der Waals surface area contributed by atoms with E-state index in [9.17, 15) is 27.9 Å². The Kier molecular flexibility index (Phi) is 8.13. The third-order valence-corrected chi connectivity index (χ3v) is 6.91. The van der Waals surface area contributed by atoms with Crippen LogP contribution >= 0.6 is 0 Å². The van der Waals surface area contributed by atoms with Crippen LogP contribution in [0.2, 0.25) is 0 Å². The van der Waals surface area contributed by atoms with Gasteiger partial charge < -0.3 is 15.7 Å². The summed E-state index contributed by atoms with van der Waals surface area (Å²) in [6.07, 6.45) is -0.556. The summed E-state index contributed by atoms with van der Waals surface area (Å²) in [6, 6.07) is 12.6. The Morgan fingerprint density at radius 1 is 1.06 bits per heavy atom. The molecule has 1 fully saturated rings. The highest BCUT2D eigenvalue weighted by molar-refractivity contribution is 7.88. The van der Waals surface area contributed by atoms with Crippen molar-refractivity contribution in [3.05, 3.63) is 65.2 Å². The lowest BCUT2D eigenvalue weighted by Crippen LogP contribution is -2.64. The van der Waals surface area contributed by atoms with E-state index in [1.807, 2.05) is 26.0 Å². The molecule has 11 heteroatoms. The number of hydrogen-bond donors (Lipinski definition) is 3. The summed E-state index contributed by atoms with van der Waals surface area (Å²) in [5, 5.41) is 14.8. The van der Waals surface area contributed by atoms with Gasteiger partial charge in [-0.1, -0.05) is 42.0 Å². The number of urea groups is 1. The van der Waals surface area contributed by atoms with Crippen LogP contribution in [0.15, 0.2) is 48.5 Å². The summed E-state index contributed by atoms with van der Waals surface area (Å²) in [4.78, 5) is 39.3. The number of aryl methyl sites for hydroxylation is 2. The second kappa shape index (κ2) is 10.9. The zero-order valence-corrected chi connectivity index (χ0v) is 20.7. The largest absolute Gasteiger partial charge is 0.481 e. The number of benzene rings is 2. The average molecular weight is 503 g/mol. The number of carbonyl (C=O) groups is 3. The van der Waals surface area contributed by atoms with E-state index in [1.165, 1.54) is 0 Å². The van der Waals surface area contributed by atoms with Gasteiger partial charge in [0.25, 0.3) is 5.91 Å². The highest BCUT2D eigenvalue weighted by atomic mass is 32.2. The van der Waals surface area contributed by atoms with E-state index >= 15 is 0 Å². The van der Waals surface area contributed by atoms with Crippen molar-refractivity contribution in [2.75, 3.05) is 24.7 Å². The zero-order chi connectivity index (χ0) is 25.8. The molecule has 1 aliphatic heterocycles. The lowest BCUT2D eigenvalue weighted by Gasteiger charge is -2.41. The quantitative estimate of drug-likeness (QED) is 0.532. The zero-order valence-electron chi connectivity index (χ0n) is 19.9. The second-order valence-corrected chi connectivity index (χ2v) is 10.6. The molecular weight excluding hydrogens is 472 g/mol. The van der Waals surface area contributed by atoms with Gasteiger partial charge in [0.15, 0.2) is 6.17 Å². The van der Waals surface area contributed by atoms with Gasteiger partial charge in [-0.05, 0) is 43.5 Å². The fourth-order valence-corrected chi connectivity index (χ4v) is 5.14. The van der Waals surface area contributed by atoms with Gasteiger partial charge in [-0.3, -0.25) is 14.5 Å². The van der Waals surface area contributed by atoms with E-state index in [0.29, 0.717) is 17.7 Å². The Hall–Kier alpha value is -3.44. The first-order valence-electron chi connectivity index (χ1n) is 11.2. The number of nitrogens with one attached hydrogen (secondary N) is 2. The summed E-state index contributed by atoms with van der Waals surface area (Å²) in [5.41, 5.74) is 2.87. The van der Waals surface area contributed by atoms with Crippen molar-refractivity contribution in [1.82, 2.24) is 14.5 Å². The Balaban J connectivity index is 1.92. The molecule has 0 saturated carbocycles. The lowest BCUT2D eigenvalue weighted by atomic mass is 10.0. The molecule has 3 amide bonds. The molecule has 2 aromatic rings. The number of amides is 3. The van der Waals surface area contributed by atoms with Gasteiger partial charge in [0.2, 0.25) is 10.0 Å². The van der Waals surface area contributed by atoms with Crippen molar-refractivity contribution in [3.8, 4) is 0 Å². The maximum Gasteiger partial charge on any atom is 0.323 e. The van der Waals surface area contributed by atoms with Crippen LogP contribution in [0.25, 0.3) is 0 Å². The standard InChI is InChI=1S/C24H30N4O6S/c1-16-7-4-9-18(13-16)20(15-21(29)30)26-22(31)23-27(11-6-12-28(23)35(3,33)34)24(32)25-19-10-5-8-17(2)14-19/h4-5,7-10,13-14,20,23H,6,11-12,15H2,1-3H3,(H,25,32)(H,26,31)(H,29,30). The van der Waals surface area contributed by atoms with Crippen molar-refractivity contribution in [1.29, 1.82) is 0 Å². The van der Waals surface area contributed by atoms with E-state index in [2.05, 4.69) is 10.6 Å². The van der Waals surface area contributed by atoms with Crippen molar-refractivity contribution in [2.24, 2.45) is 0 Å². The van der Waals surface area contributed by atoms with Crippen molar-refractivity contribution >= 4 is 33.6 Å². The molecule has 188 valence electrons. The third-order valence-electron chi connectivity index (χ3n) is 5.68. The molecule has 0 bridgehead atoms. The van der Waals surface area contributed by atoms with Crippen LogP contribution in [0.4, 0.5) is 10.5 Å². The summed E-state index contributed by atoms with van der Waals surface area (Å²) in [5.74, 6) is -1.91. The molecule has 0 aromatic heterocycles. The number of carbonyl (C=O) groups excluding carboxylic acids is 2. The van der Waals surface area contributed by atoms with Crippen LogP contribution in [-0.2, 0) is 19.6 Å². The van der Waals surface area contributed by atoms with Crippen LogP contribution in [0.1, 0.15) is 35.6 Å². The van der Waals surface area contributed by atoms with Gasteiger partial charge in [0, 0.05) is 18.8 Å². The third kappa shape index (κ3) is 6.80. The highest BCUT2D eigenvalue weighted by Crippen LogP contribution is 2.23. The molecule has 3 N–H and O–H groups in total. The summed E-state index contributed by atoms with van der Waals surface area (Å²) < 4.78 is 26.1. The first kappa shape index (κ1) is 26.2. The van der Waals surface area contributed by atoms with Gasteiger partial charge in [-0.2, -0.15) is 4.31 Å². The van der Waals surface area contributed by atoms with Crippen molar-refractivity contribution < 1.29 is 27.9 Å². The number of carboxylic acids is 1. The molecule has 3 rings (SSSR count). The van der Waals surface area contributed by atoms with Gasteiger partial charge in [-0.25, -0.2) is 13.2 Å². The van der Waals surface area contributed by atoms with Gasteiger partial charge in [-0.15, -0.1) is 0 Å². The predicted octanol–water partition coefficient (Wildman–Crippen LogP) is 2.46. The number of aliphatic carboxylic acids is 1. The number of carboxylic acid groups (broad SMARTS) is 1. The fourth-order valence-electron chi connectivity index (χ4n) is 4.11. The number of sulfonamides is 1. The number of anilines is 1. The molecule has 2 aromatic carbocycles. The second-order valence-electron chi connectivity index (χ2n) is 8.67. The molecule has 1 aliphatic rings. The maximum atomic E-state index is 13.5. The van der Waals surface area contributed by atoms with E-state index < -0.39 is 46.6 Å². The van der Waals surface area contributed by atoms with Gasteiger partial charge in [0.05, 0.1) is 18.7 Å². The monoisotopic (exact) mass is 502 g/mol. The van der Waals surface area contributed by atoms with E-state index in [0.717, 1.165) is 26.6 Å². The number of rotatable bonds is 7. The van der Waals surface area contributed by atoms with Crippen LogP contribution in [-0.4, -0.2) is 66.1 Å². The smallest absolute Gasteiger partial charge is 0.323 e. The first-order valence-corrected chi connectivity index (χ1v) is 13.0. The number of hydrogen-bond acceptors (Lipinski definition) is 5. The molecule has 35 heavy (non-hydrogen) atoms. The number of nitrogens with zero attached hydrogens (tertiary/aromatic N) is 2. The van der Waals surface area contributed by atoms with E-state index in [1.54, 1.807) is 36.4 Å². The summed E-state index contributed by atoms with van der Waals surface area (Å²) in [6.45, 7) is 3.91. The Bertz CT molecular complexity index is 1220.